The molecule has 7 aromatic rings. The molecule has 1 unspecified atom stereocenters. The van der Waals surface area contributed by atoms with Gasteiger partial charge in [0, 0.05) is 47.2 Å². The molecule has 0 saturated heterocycles. The number of nitrogens with zero attached hydrogens (tertiary/aromatic N) is 1. The van der Waals surface area contributed by atoms with Crippen LogP contribution in [0.3, 0.4) is 0 Å². The lowest BCUT2D eigenvalue weighted by molar-refractivity contribution is 0.545. The standard InChI is InChI=1S/C57H58N/c1-54(2,3)41-34-48-47-33-40(25-32-50(47)57(9,10)53(48)52(35-41)55(4,5)6)39-23-28-43(29-24-39)58(11,42-26-21-38(22-27-42)37-17-13-12-14-18-37)44-30-31-46-45-19-15-16-20-49(45)56(7,8)51(46)36-44/h12-36H,1-11H3/q+1. The smallest absolute Gasteiger partial charge is 0.143 e. The molecule has 0 fully saturated rings. The lowest BCUT2D eigenvalue weighted by Gasteiger charge is -2.34. The van der Waals surface area contributed by atoms with Crippen molar-refractivity contribution >= 4 is 17.1 Å². The highest BCUT2D eigenvalue weighted by Crippen LogP contribution is 2.55. The Balaban J connectivity index is 1.16. The number of hydrogen-bond acceptors (Lipinski definition) is 0. The Morgan fingerprint density at radius 2 is 0.897 bits per heavy atom. The number of rotatable bonds is 5. The lowest BCUT2D eigenvalue weighted by Crippen LogP contribution is -2.34. The predicted molar refractivity (Wildman–Crippen MR) is 250 cm³/mol. The molecule has 0 radical (unpaired) electrons. The predicted octanol–water partition coefficient (Wildman–Crippen LogP) is 15.8. The fourth-order valence-electron chi connectivity index (χ4n) is 10.1. The van der Waals surface area contributed by atoms with Gasteiger partial charge >= 0.3 is 0 Å². The molecule has 0 N–H and O–H groups in total. The van der Waals surface area contributed by atoms with E-state index in [1.807, 2.05) is 0 Å². The maximum absolute atomic E-state index is 2.50. The molecule has 290 valence electrons. The van der Waals surface area contributed by atoms with E-state index in [0.29, 0.717) is 4.48 Å². The van der Waals surface area contributed by atoms with Crippen molar-refractivity contribution in [1.82, 2.24) is 4.48 Å². The Bertz CT molecular complexity index is 2710. The minimum absolute atomic E-state index is 0.0364. The first-order valence-corrected chi connectivity index (χ1v) is 21.1. The van der Waals surface area contributed by atoms with E-state index in [4.69, 9.17) is 0 Å². The molecule has 0 saturated carbocycles. The van der Waals surface area contributed by atoms with Gasteiger partial charge in [0.25, 0.3) is 0 Å². The lowest BCUT2D eigenvalue weighted by atomic mass is 9.71. The minimum Gasteiger partial charge on any atom is -0.229 e. The summed E-state index contributed by atoms with van der Waals surface area (Å²) >= 11 is 0. The number of fused-ring (bicyclic) bond motifs is 6. The largest absolute Gasteiger partial charge is 0.229 e. The van der Waals surface area contributed by atoms with Crippen LogP contribution in [0.15, 0.2) is 152 Å². The molecule has 0 aliphatic heterocycles. The van der Waals surface area contributed by atoms with Gasteiger partial charge in [0.1, 0.15) is 17.1 Å². The number of quaternary nitrogens is 1. The maximum Gasteiger partial charge on any atom is 0.143 e. The Kier molecular flexibility index (Phi) is 8.53. The Labute approximate surface area is 347 Å². The Morgan fingerprint density at radius 1 is 0.379 bits per heavy atom. The van der Waals surface area contributed by atoms with Crippen molar-refractivity contribution in [1.29, 1.82) is 0 Å². The van der Waals surface area contributed by atoms with E-state index >= 15 is 0 Å². The topological polar surface area (TPSA) is 0 Å². The van der Waals surface area contributed by atoms with Gasteiger partial charge in [-0.2, -0.15) is 0 Å². The average Bonchev–Trinajstić information content (AvgIpc) is 3.59. The van der Waals surface area contributed by atoms with Crippen molar-refractivity contribution in [3.8, 4) is 44.5 Å². The van der Waals surface area contributed by atoms with Crippen LogP contribution in [0.4, 0.5) is 17.1 Å². The van der Waals surface area contributed by atoms with Gasteiger partial charge in [-0.05, 0) is 125 Å². The van der Waals surface area contributed by atoms with Gasteiger partial charge in [0.05, 0.1) is 7.05 Å². The van der Waals surface area contributed by atoms with Crippen LogP contribution in [0.2, 0.25) is 0 Å². The zero-order valence-electron chi connectivity index (χ0n) is 36.4. The molecular weight excluding hydrogens is 699 g/mol. The summed E-state index contributed by atoms with van der Waals surface area (Å²) in [4.78, 5) is 0. The summed E-state index contributed by atoms with van der Waals surface area (Å²) in [5.74, 6) is 0. The van der Waals surface area contributed by atoms with Crippen LogP contribution in [-0.4, -0.2) is 7.05 Å². The van der Waals surface area contributed by atoms with E-state index in [2.05, 4.69) is 228 Å². The molecule has 58 heavy (non-hydrogen) atoms. The van der Waals surface area contributed by atoms with Gasteiger partial charge in [0.15, 0.2) is 0 Å². The molecule has 0 amide bonds. The summed E-state index contributed by atoms with van der Waals surface area (Å²) < 4.78 is 0.548. The highest BCUT2D eigenvalue weighted by Gasteiger charge is 2.42. The SMILES string of the molecule is CC(C)(C)c1cc2c(c(C(C)(C)C)c1)C(C)(C)c1ccc(-c3ccc([N+](C)(c4ccc(-c5ccccc5)cc4)c4ccc5c(c4)C(C)(C)c4ccccc4-5)cc3)cc1-2. The zero-order chi connectivity index (χ0) is 41.0. The van der Waals surface area contributed by atoms with E-state index in [9.17, 15) is 0 Å². The van der Waals surface area contributed by atoms with E-state index in [-0.39, 0.29) is 21.7 Å². The first-order valence-electron chi connectivity index (χ1n) is 21.1. The van der Waals surface area contributed by atoms with E-state index in [1.54, 1.807) is 0 Å². The normalized spacial score (nSPS) is 15.9. The molecule has 1 heteroatoms. The van der Waals surface area contributed by atoms with Crippen LogP contribution in [0.25, 0.3) is 44.5 Å². The van der Waals surface area contributed by atoms with Crippen molar-refractivity contribution in [3.05, 3.63) is 185 Å². The van der Waals surface area contributed by atoms with E-state index in [0.717, 1.165) is 0 Å². The highest BCUT2D eigenvalue weighted by atomic mass is 15.3. The summed E-state index contributed by atoms with van der Waals surface area (Å²) in [7, 11) is 2.36. The van der Waals surface area contributed by atoms with Crippen LogP contribution in [0.1, 0.15) is 103 Å². The third-order valence-electron chi connectivity index (χ3n) is 13.7. The monoisotopic (exact) mass is 756 g/mol. The van der Waals surface area contributed by atoms with Crippen LogP contribution >= 0.6 is 0 Å². The number of hydrogen-bond donors (Lipinski definition) is 0. The molecular formula is C57H58N+. The highest BCUT2D eigenvalue weighted by molar-refractivity contribution is 5.88. The molecule has 0 aromatic heterocycles. The molecule has 0 bridgehead atoms. The van der Waals surface area contributed by atoms with Gasteiger partial charge in [-0.3, -0.25) is 0 Å². The number of benzene rings is 7. The maximum atomic E-state index is 2.50. The average molecular weight is 757 g/mol. The van der Waals surface area contributed by atoms with Crippen LogP contribution in [-0.2, 0) is 21.7 Å². The fourth-order valence-corrected chi connectivity index (χ4v) is 10.1. The van der Waals surface area contributed by atoms with Crippen LogP contribution in [0.5, 0.6) is 0 Å². The summed E-state index contributed by atoms with van der Waals surface area (Å²) in [6.45, 7) is 23.7. The van der Waals surface area contributed by atoms with Gasteiger partial charge < -0.3 is 0 Å². The summed E-state index contributed by atoms with van der Waals surface area (Å²) in [6, 6.07) is 57.6. The summed E-state index contributed by atoms with van der Waals surface area (Å²) in [5, 5.41) is 0. The second kappa shape index (κ2) is 13.0. The minimum atomic E-state index is -0.0875. The summed E-state index contributed by atoms with van der Waals surface area (Å²) in [5.41, 5.74) is 22.6. The molecule has 1 nitrogen and oxygen atoms in total. The zero-order valence-corrected chi connectivity index (χ0v) is 36.4. The molecule has 0 spiro atoms. The molecule has 9 rings (SSSR count). The van der Waals surface area contributed by atoms with Crippen LogP contribution in [0, 0.1) is 0 Å². The van der Waals surface area contributed by atoms with Crippen LogP contribution < -0.4 is 4.48 Å². The molecule has 2 aliphatic rings. The molecule has 1 atom stereocenters. The van der Waals surface area contributed by atoms with Gasteiger partial charge in [-0.25, -0.2) is 4.48 Å². The summed E-state index contributed by atoms with van der Waals surface area (Å²) in [6.07, 6.45) is 0. The third kappa shape index (κ3) is 5.84. The molecule has 0 heterocycles. The second-order valence-corrected chi connectivity index (χ2v) is 20.2. The second-order valence-electron chi connectivity index (χ2n) is 20.2. The molecule has 2 aliphatic carbocycles. The van der Waals surface area contributed by atoms with E-state index < -0.39 is 0 Å². The quantitative estimate of drug-likeness (QED) is 0.153. The van der Waals surface area contributed by atoms with E-state index in [1.165, 1.54) is 95.0 Å². The van der Waals surface area contributed by atoms with Crippen molar-refractivity contribution in [3.63, 3.8) is 0 Å². The van der Waals surface area contributed by atoms with Crippen molar-refractivity contribution in [2.45, 2.75) is 90.9 Å². The van der Waals surface area contributed by atoms with Crippen molar-refractivity contribution in [2.24, 2.45) is 0 Å². The Morgan fingerprint density at radius 3 is 1.52 bits per heavy atom. The fraction of sp³-hybridized carbons (Fsp3) is 0.263. The van der Waals surface area contributed by atoms with Gasteiger partial charge in [0.2, 0.25) is 0 Å². The van der Waals surface area contributed by atoms with Crippen molar-refractivity contribution in [2.75, 3.05) is 7.05 Å². The Hall–Kier alpha value is -5.50. The van der Waals surface area contributed by atoms with Crippen molar-refractivity contribution < 1.29 is 0 Å². The first-order chi connectivity index (χ1) is 27.4. The molecule has 7 aromatic carbocycles. The van der Waals surface area contributed by atoms with Gasteiger partial charge in [-0.15, -0.1) is 0 Å². The first kappa shape index (κ1) is 38.0. The third-order valence-corrected chi connectivity index (χ3v) is 13.7. The van der Waals surface area contributed by atoms with Gasteiger partial charge in [-0.1, -0.05) is 148 Å².